The van der Waals surface area contributed by atoms with E-state index >= 15 is 0 Å². The van der Waals surface area contributed by atoms with Crippen molar-refractivity contribution in [2.75, 3.05) is 12.3 Å². The van der Waals surface area contributed by atoms with Crippen molar-refractivity contribution in [3.8, 4) is 0 Å². The molecule has 0 radical (unpaired) electrons. The Kier molecular flexibility index (Phi) is 3.83. The molecule has 2 heterocycles. The lowest BCUT2D eigenvalue weighted by Gasteiger charge is -2.18. The zero-order valence-corrected chi connectivity index (χ0v) is 12.5. The Morgan fingerprint density at radius 3 is 2.86 bits per heavy atom. The predicted molar refractivity (Wildman–Crippen MR) is 83.9 cm³/mol. The van der Waals surface area contributed by atoms with Crippen LogP contribution in [0.5, 0.6) is 0 Å². The number of rotatable bonds is 3. The summed E-state index contributed by atoms with van der Waals surface area (Å²) in [7, 11) is 0. The zero-order valence-electron chi connectivity index (χ0n) is 12.5. The molecule has 1 fully saturated rings. The monoisotopic (exact) mass is 301 g/mol. The van der Waals surface area contributed by atoms with Crippen molar-refractivity contribution in [1.82, 2.24) is 9.55 Å². The third-order valence-electron chi connectivity index (χ3n) is 4.18. The number of hydrogen-bond acceptors (Lipinski definition) is 5. The number of aromatic nitrogens is 2. The van der Waals surface area contributed by atoms with Crippen molar-refractivity contribution in [1.29, 1.82) is 0 Å². The molecule has 0 spiro atoms. The van der Waals surface area contributed by atoms with Gasteiger partial charge in [0.15, 0.2) is 0 Å². The van der Waals surface area contributed by atoms with E-state index in [0.29, 0.717) is 11.0 Å². The highest BCUT2D eigenvalue weighted by molar-refractivity contribution is 6.03. The fourth-order valence-electron chi connectivity index (χ4n) is 3.17. The van der Waals surface area contributed by atoms with Gasteiger partial charge in [-0.2, -0.15) is 0 Å². The highest BCUT2D eigenvalue weighted by atomic mass is 16.5. The van der Waals surface area contributed by atoms with Crippen LogP contribution in [-0.2, 0) is 4.74 Å². The normalized spacial score (nSPS) is 15.3. The number of ether oxygens (including phenoxy) is 1. The summed E-state index contributed by atoms with van der Waals surface area (Å²) in [5.41, 5.74) is 6.30. The molecular formula is C16H19N3O3. The molecule has 2 N–H and O–H groups in total. The first kappa shape index (κ1) is 14.6. The Labute approximate surface area is 127 Å². The van der Waals surface area contributed by atoms with E-state index in [1.165, 1.54) is 0 Å². The van der Waals surface area contributed by atoms with Crippen molar-refractivity contribution in [2.24, 2.45) is 0 Å². The molecule has 3 rings (SSSR count). The second kappa shape index (κ2) is 5.79. The van der Waals surface area contributed by atoms with Crippen LogP contribution in [0.15, 0.2) is 23.1 Å². The summed E-state index contributed by atoms with van der Waals surface area (Å²) in [6.45, 7) is 1.90. The molecule has 0 aromatic carbocycles. The molecule has 0 atom stereocenters. The van der Waals surface area contributed by atoms with Crippen LogP contribution in [0, 0.1) is 0 Å². The minimum atomic E-state index is -0.664. The maximum Gasteiger partial charge on any atom is 0.345 e. The first-order chi connectivity index (χ1) is 10.6. The zero-order chi connectivity index (χ0) is 15.7. The molecule has 0 amide bonds. The minimum Gasteiger partial charge on any atom is -0.462 e. The molecule has 0 unspecified atom stereocenters. The van der Waals surface area contributed by atoms with E-state index in [9.17, 15) is 9.59 Å². The van der Waals surface area contributed by atoms with Gasteiger partial charge in [0.05, 0.1) is 12.3 Å². The SMILES string of the molecule is CCOC(=O)c1c(N)c2cccnc2n(C2CCCC2)c1=O. The first-order valence-corrected chi connectivity index (χ1v) is 7.61. The first-order valence-electron chi connectivity index (χ1n) is 7.61. The average molecular weight is 301 g/mol. The number of nitrogens with two attached hydrogens (primary N) is 1. The summed E-state index contributed by atoms with van der Waals surface area (Å²) >= 11 is 0. The van der Waals surface area contributed by atoms with Gasteiger partial charge in [0, 0.05) is 17.6 Å². The molecule has 22 heavy (non-hydrogen) atoms. The number of fused-ring (bicyclic) bond motifs is 1. The summed E-state index contributed by atoms with van der Waals surface area (Å²) in [5, 5.41) is 0.622. The van der Waals surface area contributed by atoms with Gasteiger partial charge in [0.2, 0.25) is 0 Å². The lowest BCUT2D eigenvalue weighted by molar-refractivity contribution is 0.0525. The number of anilines is 1. The molecule has 6 nitrogen and oxygen atoms in total. The second-order valence-electron chi connectivity index (χ2n) is 5.50. The fraction of sp³-hybridized carbons (Fsp3) is 0.438. The van der Waals surface area contributed by atoms with Gasteiger partial charge in [0.25, 0.3) is 5.56 Å². The number of carbonyl (C=O) groups is 1. The minimum absolute atomic E-state index is 0.0682. The van der Waals surface area contributed by atoms with Crippen LogP contribution < -0.4 is 11.3 Å². The van der Waals surface area contributed by atoms with Crippen LogP contribution in [0.25, 0.3) is 11.0 Å². The van der Waals surface area contributed by atoms with Gasteiger partial charge in [0.1, 0.15) is 11.2 Å². The van der Waals surface area contributed by atoms with Crippen LogP contribution in [0.4, 0.5) is 5.69 Å². The molecule has 0 aliphatic heterocycles. The third kappa shape index (κ3) is 2.24. The number of nitrogens with zero attached hydrogens (tertiary/aromatic N) is 2. The van der Waals surface area contributed by atoms with Crippen LogP contribution >= 0.6 is 0 Å². The molecule has 1 saturated carbocycles. The van der Waals surface area contributed by atoms with Gasteiger partial charge in [-0.3, -0.25) is 9.36 Å². The summed E-state index contributed by atoms with van der Waals surface area (Å²) in [4.78, 5) is 29.3. The topological polar surface area (TPSA) is 87.2 Å². The van der Waals surface area contributed by atoms with E-state index in [0.717, 1.165) is 25.7 Å². The number of nitrogen functional groups attached to an aromatic ring is 1. The maximum atomic E-state index is 12.8. The van der Waals surface area contributed by atoms with Crippen molar-refractivity contribution in [2.45, 2.75) is 38.6 Å². The Morgan fingerprint density at radius 2 is 2.18 bits per heavy atom. The van der Waals surface area contributed by atoms with E-state index in [4.69, 9.17) is 10.5 Å². The van der Waals surface area contributed by atoms with Gasteiger partial charge in [-0.15, -0.1) is 0 Å². The summed E-state index contributed by atoms with van der Waals surface area (Å²) in [6, 6.07) is 3.60. The molecule has 0 saturated heterocycles. The molecule has 0 bridgehead atoms. The van der Waals surface area contributed by atoms with Gasteiger partial charge >= 0.3 is 5.97 Å². The molecule has 2 aromatic rings. The number of hydrogen-bond donors (Lipinski definition) is 1. The van der Waals surface area contributed by atoms with Crippen molar-refractivity contribution >= 4 is 22.7 Å². The summed E-state index contributed by atoms with van der Waals surface area (Å²) in [5.74, 6) is -0.664. The van der Waals surface area contributed by atoms with Gasteiger partial charge in [-0.05, 0) is 31.9 Å². The maximum absolute atomic E-state index is 12.8. The number of esters is 1. The van der Waals surface area contributed by atoms with E-state index in [1.54, 1.807) is 29.8 Å². The Morgan fingerprint density at radius 1 is 1.45 bits per heavy atom. The van der Waals surface area contributed by atoms with Crippen LogP contribution in [0.1, 0.15) is 49.0 Å². The lowest BCUT2D eigenvalue weighted by Crippen LogP contribution is -2.31. The van der Waals surface area contributed by atoms with Gasteiger partial charge < -0.3 is 10.5 Å². The molecule has 1 aliphatic carbocycles. The molecule has 6 heteroatoms. The molecule has 116 valence electrons. The Hall–Kier alpha value is -2.37. The Bertz CT molecular complexity index is 776. The standard InChI is InChI=1S/C16H19N3O3/c1-2-22-16(21)12-13(17)11-8-5-9-18-14(11)19(15(12)20)10-6-3-4-7-10/h5,8-10H,2-4,6-7,17H2,1H3. The van der Waals surface area contributed by atoms with Crippen LogP contribution in [-0.4, -0.2) is 22.1 Å². The quantitative estimate of drug-likeness (QED) is 0.879. The number of pyridine rings is 2. The van der Waals surface area contributed by atoms with E-state index < -0.39 is 11.5 Å². The molecule has 2 aromatic heterocycles. The van der Waals surface area contributed by atoms with E-state index in [1.807, 2.05) is 0 Å². The van der Waals surface area contributed by atoms with Crippen molar-refractivity contribution < 1.29 is 9.53 Å². The van der Waals surface area contributed by atoms with Crippen molar-refractivity contribution in [3.05, 3.63) is 34.2 Å². The van der Waals surface area contributed by atoms with E-state index in [-0.39, 0.29) is 23.9 Å². The average Bonchev–Trinajstić information content (AvgIpc) is 3.02. The lowest BCUT2D eigenvalue weighted by atomic mass is 10.1. The van der Waals surface area contributed by atoms with E-state index in [2.05, 4.69) is 4.98 Å². The predicted octanol–water partition coefficient (Wildman–Crippen LogP) is 2.27. The Balaban J connectivity index is 2.32. The highest BCUT2D eigenvalue weighted by Gasteiger charge is 2.27. The second-order valence-corrected chi connectivity index (χ2v) is 5.50. The fourth-order valence-corrected chi connectivity index (χ4v) is 3.17. The van der Waals surface area contributed by atoms with Crippen LogP contribution in [0.3, 0.4) is 0 Å². The van der Waals surface area contributed by atoms with Crippen molar-refractivity contribution in [3.63, 3.8) is 0 Å². The highest BCUT2D eigenvalue weighted by Crippen LogP contribution is 2.32. The van der Waals surface area contributed by atoms with Gasteiger partial charge in [-0.25, -0.2) is 9.78 Å². The van der Waals surface area contributed by atoms with Crippen LogP contribution in [0.2, 0.25) is 0 Å². The summed E-state index contributed by atoms with van der Waals surface area (Å²) in [6.07, 6.45) is 5.61. The molecule has 1 aliphatic rings. The van der Waals surface area contributed by atoms with Gasteiger partial charge in [-0.1, -0.05) is 12.8 Å². The number of carbonyl (C=O) groups excluding carboxylic acids is 1. The summed E-state index contributed by atoms with van der Waals surface area (Å²) < 4.78 is 6.63. The largest absolute Gasteiger partial charge is 0.462 e. The smallest absolute Gasteiger partial charge is 0.345 e. The third-order valence-corrected chi connectivity index (χ3v) is 4.18. The molecular weight excluding hydrogens is 282 g/mol.